The van der Waals surface area contributed by atoms with Gasteiger partial charge in [-0.25, -0.2) is 4.79 Å². The van der Waals surface area contributed by atoms with Crippen LogP contribution in [-0.4, -0.2) is 34.6 Å². The van der Waals surface area contributed by atoms with Gasteiger partial charge in [-0.05, 0) is 32.8 Å². The molecule has 7 nitrogen and oxygen atoms in total. The summed E-state index contributed by atoms with van der Waals surface area (Å²) in [7, 11) is 0. The summed E-state index contributed by atoms with van der Waals surface area (Å²) in [6, 6.07) is 6.50. The van der Waals surface area contributed by atoms with Crippen molar-refractivity contribution in [3.8, 4) is 6.07 Å². The van der Waals surface area contributed by atoms with E-state index in [0.717, 1.165) is 5.57 Å². The monoisotopic (exact) mass is 329 g/mol. The molecule has 0 radical (unpaired) electrons. The number of carbonyl (C=O) groups is 1. The second-order valence-electron chi connectivity index (χ2n) is 6.47. The van der Waals surface area contributed by atoms with E-state index in [0.29, 0.717) is 25.1 Å². The number of amides is 1. The zero-order chi connectivity index (χ0) is 17.9. The highest BCUT2D eigenvalue weighted by Crippen LogP contribution is 2.30. The minimum absolute atomic E-state index is 0.0551. The van der Waals surface area contributed by atoms with Gasteiger partial charge in [0.1, 0.15) is 17.2 Å². The third kappa shape index (κ3) is 3.90. The van der Waals surface area contributed by atoms with Gasteiger partial charge < -0.3 is 9.64 Å². The Morgan fingerprint density at radius 1 is 1.42 bits per heavy atom. The first kappa shape index (κ1) is 17.5. The molecule has 0 unspecified atom stereocenters. The van der Waals surface area contributed by atoms with Crippen LogP contribution in [0.1, 0.15) is 38.3 Å². The van der Waals surface area contributed by atoms with Crippen LogP contribution in [0.25, 0.3) is 5.57 Å². The Kier molecular flexibility index (Phi) is 4.88. The Morgan fingerprint density at radius 2 is 2.12 bits per heavy atom. The molecule has 0 aromatic heterocycles. The molecule has 1 aliphatic heterocycles. The first-order valence-electron chi connectivity index (χ1n) is 7.58. The van der Waals surface area contributed by atoms with Gasteiger partial charge in [-0.1, -0.05) is 18.2 Å². The summed E-state index contributed by atoms with van der Waals surface area (Å²) < 4.78 is 5.33. The van der Waals surface area contributed by atoms with E-state index in [1.54, 1.807) is 37.8 Å². The number of nitro benzene ring substituents is 1. The lowest BCUT2D eigenvalue weighted by Gasteiger charge is -2.29. The molecule has 0 saturated carbocycles. The van der Waals surface area contributed by atoms with Crippen molar-refractivity contribution in [2.45, 2.75) is 32.8 Å². The Hall–Kier alpha value is -2.88. The fourth-order valence-electron chi connectivity index (χ4n) is 2.48. The SMILES string of the molecule is CC(C)(C)OC(=O)N1CC=C(c2cccc([N+](=O)[O-])c2C#N)CC1. The molecule has 0 spiro atoms. The molecule has 7 heteroatoms. The molecule has 24 heavy (non-hydrogen) atoms. The quantitative estimate of drug-likeness (QED) is 0.611. The Bertz CT molecular complexity index is 741. The van der Waals surface area contributed by atoms with Gasteiger partial charge in [-0.2, -0.15) is 5.26 Å². The molecule has 0 N–H and O–H groups in total. The predicted octanol–water partition coefficient (Wildman–Crippen LogP) is 3.49. The van der Waals surface area contributed by atoms with Crippen molar-refractivity contribution in [3.63, 3.8) is 0 Å². The number of carbonyl (C=O) groups excluding carboxylic acids is 1. The van der Waals surface area contributed by atoms with E-state index in [9.17, 15) is 20.2 Å². The number of nitrogens with zero attached hydrogens (tertiary/aromatic N) is 3. The molecule has 2 rings (SSSR count). The zero-order valence-electron chi connectivity index (χ0n) is 13.9. The van der Waals surface area contributed by atoms with Crippen molar-refractivity contribution in [2.75, 3.05) is 13.1 Å². The van der Waals surface area contributed by atoms with Crippen molar-refractivity contribution in [1.82, 2.24) is 4.90 Å². The molecule has 1 aromatic rings. The van der Waals surface area contributed by atoms with Gasteiger partial charge in [0.2, 0.25) is 0 Å². The lowest BCUT2D eigenvalue weighted by molar-refractivity contribution is -0.385. The maximum Gasteiger partial charge on any atom is 0.410 e. The predicted molar refractivity (Wildman–Crippen MR) is 88.2 cm³/mol. The van der Waals surface area contributed by atoms with Gasteiger partial charge in [-0.3, -0.25) is 10.1 Å². The number of ether oxygens (including phenoxy) is 1. The Labute approximate surface area is 140 Å². The molecular formula is C17H19N3O4. The van der Waals surface area contributed by atoms with Crippen molar-refractivity contribution in [2.24, 2.45) is 0 Å². The van der Waals surface area contributed by atoms with Crippen LogP contribution in [0.2, 0.25) is 0 Å². The molecule has 0 fully saturated rings. The summed E-state index contributed by atoms with van der Waals surface area (Å²) >= 11 is 0. The normalized spacial score (nSPS) is 14.6. The average Bonchev–Trinajstić information content (AvgIpc) is 2.52. The fraction of sp³-hybridized carbons (Fsp3) is 0.412. The van der Waals surface area contributed by atoms with E-state index in [-0.39, 0.29) is 11.3 Å². The van der Waals surface area contributed by atoms with Crippen LogP contribution in [0.15, 0.2) is 24.3 Å². The fourth-order valence-corrected chi connectivity index (χ4v) is 2.48. The minimum atomic E-state index is -0.560. The molecule has 0 atom stereocenters. The van der Waals surface area contributed by atoms with Crippen LogP contribution in [0.3, 0.4) is 0 Å². The summed E-state index contributed by atoms with van der Waals surface area (Å²) in [5.74, 6) is 0. The number of hydrogen-bond donors (Lipinski definition) is 0. The van der Waals surface area contributed by atoms with Gasteiger partial charge in [-0.15, -0.1) is 0 Å². The largest absolute Gasteiger partial charge is 0.444 e. The summed E-state index contributed by atoms with van der Waals surface area (Å²) in [5, 5.41) is 20.3. The summed E-state index contributed by atoms with van der Waals surface area (Å²) in [4.78, 5) is 24.1. The third-order valence-corrected chi connectivity index (χ3v) is 3.56. The van der Waals surface area contributed by atoms with Crippen LogP contribution < -0.4 is 0 Å². The summed E-state index contributed by atoms with van der Waals surface area (Å²) in [6.45, 7) is 6.20. The molecule has 1 aromatic carbocycles. The number of rotatable bonds is 2. The highest BCUT2D eigenvalue weighted by atomic mass is 16.6. The van der Waals surface area contributed by atoms with E-state index in [2.05, 4.69) is 0 Å². The molecule has 1 aliphatic rings. The van der Waals surface area contributed by atoms with Gasteiger partial charge in [0.25, 0.3) is 5.69 Å². The molecular weight excluding hydrogens is 310 g/mol. The van der Waals surface area contributed by atoms with E-state index < -0.39 is 16.6 Å². The zero-order valence-corrected chi connectivity index (χ0v) is 13.9. The van der Waals surface area contributed by atoms with Crippen LogP contribution >= 0.6 is 0 Å². The topological polar surface area (TPSA) is 96.5 Å². The molecule has 0 aliphatic carbocycles. The van der Waals surface area contributed by atoms with Crippen molar-refractivity contribution in [1.29, 1.82) is 5.26 Å². The minimum Gasteiger partial charge on any atom is -0.444 e. The van der Waals surface area contributed by atoms with Crippen molar-refractivity contribution in [3.05, 3.63) is 45.5 Å². The highest BCUT2D eigenvalue weighted by Gasteiger charge is 2.26. The standard InChI is InChI=1S/C17H19N3O4/c1-17(2,3)24-16(21)19-9-7-12(8-10-19)13-5-4-6-15(20(22)23)14(13)11-18/h4-7H,8-10H2,1-3H3. The smallest absolute Gasteiger partial charge is 0.410 e. The molecule has 1 amide bonds. The van der Waals surface area contributed by atoms with Crippen molar-refractivity contribution < 1.29 is 14.5 Å². The Balaban J connectivity index is 2.22. The van der Waals surface area contributed by atoms with Crippen LogP contribution in [0, 0.1) is 21.4 Å². The molecule has 0 bridgehead atoms. The van der Waals surface area contributed by atoms with E-state index >= 15 is 0 Å². The third-order valence-electron chi connectivity index (χ3n) is 3.56. The number of benzene rings is 1. The van der Waals surface area contributed by atoms with Gasteiger partial charge in [0.05, 0.1) is 4.92 Å². The molecule has 126 valence electrons. The van der Waals surface area contributed by atoms with E-state index in [1.807, 2.05) is 12.1 Å². The number of nitro groups is 1. The first-order chi connectivity index (χ1) is 11.2. The first-order valence-corrected chi connectivity index (χ1v) is 7.58. The lowest BCUT2D eigenvalue weighted by Crippen LogP contribution is -2.39. The Morgan fingerprint density at radius 3 is 2.62 bits per heavy atom. The maximum absolute atomic E-state index is 12.1. The maximum atomic E-state index is 12.1. The van der Waals surface area contributed by atoms with Crippen molar-refractivity contribution >= 4 is 17.4 Å². The van der Waals surface area contributed by atoms with Crippen LogP contribution in [0.4, 0.5) is 10.5 Å². The lowest BCUT2D eigenvalue weighted by atomic mass is 9.94. The highest BCUT2D eigenvalue weighted by molar-refractivity contribution is 5.77. The summed E-state index contributed by atoms with van der Waals surface area (Å²) in [6.07, 6.45) is 1.93. The van der Waals surface area contributed by atoms with E-state index in [4.69, 9.17) is 4.74 Å². The number of nitriles is 1. The second-order valence-corrected chi connectivity index (χ2v) is 6.47. The van der Waals surface area contributed by atoms with Crippen LogP contribution in [0.5, 0.6) is 0 Å². The average molecular weight is 329 g/mol. The number of hydrogen-bond acceptors (Lipinski definition) is 5. The van der Waals surface area contributed by atoms with Gasteiger partial charge >= 0.3 is 6.09 Å². The second kappa shape index (κ2) is 6.71. The van der Waals surface area contributed by atoms with E-state index in [1.165, 1.54) is 6.07 Å². The van der Waals surface area contributed by atoms with Crippen LogP contribution in [-0.2, 0) is 4.74 Å². The molecule has 1 heterocycles. The van der Waals surface area contributed by atoms with Gasteiger partial charge in [0.15, 0.2) is 0 Å². The molecule has 0 saturated heterocycles. The summed E-state index contributed by atoms with van der Waals surface area (Å²) in [5.41, 5.74) is 0.672. The van der Waals surface area contributed by atoms with Gasteiger partial charge in [0, 0.05) is 24.7 Å².